The lowest BCUT2D eigenvalue weighted by atomic mass is 10.2. The second-order valence-electron chi connectivity index (χ2n) is 3.54. The lowest BCUT2D eigenvalue weighted by molar-refractivity contribution is -0.139. The monoisotopic (exact) mass is 243 g/mol. The van der Waals surface area contributed by atoms with Crippen molar-refractivity contribution in [1.29, 1.82) is 0 Å². The zero-order chi connectivity index (χ0) is 13.3. The summed E-state index contributed by atoms with van der Waals surface area (Å²) in [5, 5.41) is 10.5. The molecular formula is C11H17NO5. The predicted molar refractivity (Wildman–Crippen MR) is 60.3 cm³/mol. The van der Waals surface area contributed by atoms with Crippen molar-refractivity contribution in [3.05, 3.63) is 12.2 Å². The standard InChI is InChI=1S/C11H17NO5/c1-8(2)11(16)17-6-4-3-5-9(13)12-7-10(14)15/h1,3-7H2,2H3,(H,12,13)(H,14,15). The molecule has 0 aliphatic rings. The van der Waals surface area contributed by atoms with Gasteiger partial charge in [-0.05, 0) is 19.8 Å². The Morgan fingerprint density at radius 3 is 2.47 bits per heavy atom. The summed E-state index contributed by atoms with van der Waals surface area (Å²) in [5.41, 5.74) is 0.337. The Bertz CT molecular complexity index is 311. The molecule has 0 fully saturated rings. The Balaban J connectivity index is 3.45. The van der Waals surface area contributed by atoms with Gasteiger partial charge < -0.3 is 15.2 Å². The van der Waals surface area contributed by atoms with Gasteiger partial charge in [0.05, 0.1) is 6.61 Å². The first-order chi connectivity index (χ1) is 7.93. The summed E-state index contributed by atoms with van der Waals surface area (Å²) in [6.45, 7) is 4.85. The Morgan fingerprint density at radius 1 is 1.29 bits per heavy atom. The SMILES string of the molecule is C=C(C)C(=O)OCCCCC(=O)NCC(=O)O. The van der Waals surface area contributed by atoms with Crippen LogP contribution in [0.1, 0.15) is 26.2 Å². The van der Waals surface area contributed by atoms with Gasteiger partial charge in [-0.25, -0.2) is 4.79 Å². The van der Waals surface area contributed by atoms with Gasteiger partial charge in [-0.1, -0.05) is 6.58 Å². The van der Waals surface area contributed by atoms with Crippen LogP contribution in [0.15, 0.2) is 12.2 Å². The van der Waals surface area contributed by atoms with Crippen LogP contribution in [0.25, 0.3) is 0 Å². The minimum Gasteiger partial charge on any atom is -0.480 e. The number of hydrogen-bond acceptors (Lipinski definition) is 4. The molecule has 1 amide bonds. The van der Waals surface area contributed by atoms with Crippen molar-refractivity contribution in [2.24, 2.45) is 0 Å². The molecule has 0 bridgehead atoms. The number of nitrogens with one attached hydrogen (secondary N) is 1. The van der Waals surface area contributed by atoms with Gasteiger partial charge in [0.1, 0.15) is 6.54 Å². The maximum Gasteiger partial charge on any atom is 0.333 e. The number of ether oxygens (including phenoxy) is 1. The molecule has 6 heteroatoms. The van der Waals surface area contributed by atoms with E-state index in [0.29, 0.717) is 18.4 Å². The Labute approximate surface area is 99.6 Å². The number of amides is 1. The summed E-state index contributed by atoms with van der Waals surface area (Å²) in [7, 11) is 0. The van der Waals surface area contributed by atoms with Crippen LogP contribution < -0.4 is 5.32 Å². The van der Waals surface area contributed by atoms with Crippen LogP contribution in [-0.2, 0) is 19.1 Å². The fourth-order valence-corrected chi connectivity index (χ4v) is 0.938. The number of carboxylic acids is 1. The predicted octanol–water partition coefficient (Wildman–Crippen LogP) is 0.477. The number of hydrogen-bond donors (Lipinski definition) is 2. The maximum absolute atomic E-state index is 11.1. The van der Waals surface area contributed by atoms with E-state index in [9.17, 15) is 14.4 Å². The number of carboxylic acid groups (broad SMARTS) is 1. The van der Waals surface area contributed by atoms with Gasteiger partial charge in [-0.2, -0.15) is 0 Å². The summed E-state index contributed by atoms with van der Waals surface area (Å²) in [6, 6.07) is 0. The largest absolute Gasteiger partial charge is 0.480 e. The number of carbonyl (C=O) groups is 3. The topological polar surface area (TPSA) is 92.7 Å². The van der Waals surface area contributed by atoms with E-state index in [0.717, 1.165) is 0 Å². The molecule has 0 rings (SSSR count). The molecule has 0 heterocycles. The molecule has 0 radical (unpaired) electrons. The molecule has 0 aromatic rings. The first-order valence-electron chi connectivity index (χ1n) is 5.24. The molecule has 17 heavy (non-hydrogen) atoms. The number of aliphatic carboxylic acids is 1. The second-order valence-corrected chi connectivity index (χ2v) is 3.54. The van der Waals surface area contributed by atoms with Gasteiger partial charge in [0.25, 0.3) is 0 Å². The zero-order valence-electron chi connectivity index (χ0n) is 9.82. The van der Waals surface area contributed by atoms with E-state index in [1.54, 1.807) is 6.92 Å². The quantitative estimate of drug-likeness (QED) is 0.367. The molecule has 0 saturated heterocycles. The van der Waals surface area contributed by atoms with E-state index >= 15 is 0 Å². The van der Waals surface area contributed by atoms with E-state index in [1.165, 1.54) is 0 Å². The highest BCUT2D eigenvalue weighted by Gasteiger charge is 2.05. The lowest BCUT2D eigenvalue weighted by Crippen LogP contribution is -2.28. The third-order valence-electron chi connectivity index (χ3n) is 1.82. The smallest absolute Gasteiger partial charge is 0.333 e. The molecule has 0 unspecified atom stereocenters. The molecule has 6 nitrogen and oxygen atoms in total. The zero-order valence-corrected chi connectivity index (χ0v) is 9.82. The van der Waals surface area contributed by atoms with Crippen LogP contribution >= 0.6 is 0 Å². The Kier molecular flexibility index (Phi) is 7.41. The second kappa shape index (κ2) is 8.32. The average molecular weight is 243 g/mol. The molecule has 0 spiro atoms. The highest BCUT2D eigenvalue weighted by atomic mass is 16.5. The average Bonchev–Trinajstić information content (AvgIpc) is 2.25. The molecule has 0 aliphatic carbocycles. The highest BCUT2D eigenvalue weighted by molar-refractivity contribution is 5.86. The van der Waals surface area contributed by atoms with Crippen molar-refractivity contribution in [2.45, 2.75) is 26.2 Å². The van der Waals surface area contributed by atoms with Crippen molar-refractivity contribution in [3.63, 3.8) is 0 Å². The van der Waals surface area contributed by atoms with E-state index in [2.05, 4.69) is 11.9 Å². The molecule has 0 saturated carbocycles. The van der Waals surface area contributed by atoms with Crippen molar-refractivity contribution in [1.82, 2.24) is 5.32 Å². The van der Waals surface area contributed by atoms with E-state index in [-0.39, 0.29) is 25.5 Å². The molecular weight excluding hydrogens is 226 g/mol. The van der Waals surface area contributed by atoms with Gasteiger partial charge >= 0.3 is 11.9 Å². The molecule has 0 atom stereocenters. The number of carbonyl (C=O) groups excluding carboxylic acids is 2. The number of rotatable bonds is 8. The van der Waals surface area contributed by atoms with Crippen LogP contribution in [0.2, 0.25) is 0 Å². The molecule has 96 valence electrons. The molecule has 2 N–H and O–H groups in total. The van der Waals surface area contributed by atoms with Crippen molar-refractivity contribution in [3.8, 4) is 0 Å². The highest BCUT2D eigenvalue weighted by Crippen LogP contribution is 1.98. The fraction of sp³-hybridized carbons (Fsp3) is 0.545. The molecule has 0 aromatic heterocycles. The van der Waals surface area contributed by atoms with Gasteiger partial charge in [0.15, 0.2) is 0 Å². The minimum atomic E-state index is -1.08. The van der Waals surface area contributed by atoms with Crippen LogP contribution in [0.3, 0.4) is 0 Å². The van der Waals surface area contributed by atoms with E-state index in [1.807, 2.05) is 0 Å². The summed E-state index contributed by atoms with van der Waals surface area (Å²) in [5.74, 6) is -1.84. The van der Waals surface area contributed by atoms with Crippen LogP contribution in [0.4, 0.5) is 0 Å². The van der Waals surface area contributed by atoms with Gasteiger partial charge in [0.2, 0.25) is 5.91 Å². The molecule has 0 aliphatic heterocycles. The first kappa shape index (κ1) is 15.2. The lowest BCUT2D eigenvalue weighted by Gasteiger charge is -2.04. The summed E-state index contributed by atoms with van der Waals surface area (Å²) in [6.07, 6.45) is 1.31. The maximum atomic E-state index is 11.1. The number of unbranched alkanes of at least 4 members (excludes halogenated alkanes) is 1. The normalized spacial score (nSPS) is 9.47. The third-order valence-corrected chi connectivity index (χ3v) is 1.82. The van der Waals surface area contributed by atoms with Crippen molar-refractivity contribution >= 4 is 17.8 Å². The van der Waals surface area contributed by atoms with Crippen LogP contribution in [0, 0.1) is 0 Å². The summed E-state index contributed by atoms with van der Waals surface area (Å²) in [4.78, 5) is 32.1. The van der Waals surface area contributed by atoms with Gasteiger partial charge in [-0.3, -0.25) is 9.59 Å². The van der Waals surface area contributed by atoms with Crippen molar-refractivity contribution < 1.29 is 24.2 Å². The number of esters is 1. The van der Waals surface area contributed by atoms with E-state index < -0.39 is 11.9 Å². The van der Waals surface area contributed by atoms with Crippen LogP contribution in [0.5, 0.6) is 0 Å². The summed E-state index contributed by atoms with van der Waals surface area (Å²) >= 11 is 0. The Morgan fingerprint density at radius 2 is 1.94 bits per heavy atom. The third kappa shape index (κ3) is 9.10. The Hall–Kier alpha value is -1.85. The minimum absolute atomic E-state index is 0.220. The van der Waals surface area contributed by atoms with E-state index in [4.69, 9.17) is 9.84 Å². The van der Waals surface area contributed by atoms with Crippen molar-refractivity contribution in [2.75, 3.05) is 13.2 Å². The van der Waals surface area contributed by atoms with Gasteiger partial charge in [0, 0.05) is 12.0 Å². The first-order valence-corrected chi connectivity index (χ1v) is 5.24. The fourth-order valence-electron chi connectivity index (χ4n) is 0.938. The van der Waals surface area contributed by atoms with Gasteiger partial charge in [-0.15, -0.1) is 0 Å². The molecule has 0 aromatic carbocycles. The van der Waals surface area contributed by atoms with Crippen LogP contribution in [-0.4, -0.2) is 36.1 Å². The summed E-state index contributed by atoms with van der Waals surface area (Å²) < 4.78 is 4.82.